The molecule has 1 nitrogen and oxygen atoms in total. The minimum absolute atomic E-state index is 0.141. The maximum Gasteiger partial charge on any atom is 0.159 e. The highest BCUT2D eigenvalue weighted by Crippen LogP contribution is 2.37. The van der Waals surface area contributed by atoms with Crippen LogP contribution < -0.4 is 5.32 Å². The molecule has 2 aromatic rings. The van der Waals surface area contributed by atoms with Crippen LogP contribution in [0.3, 0.4) is 0 Å². The van der Waals surface area contributed by atoms with Crippen molar-refractivity contribution >= 4 is 43.2 Å². The first kappa shape index (κ1) is 16.1. The standard InChI is InChI=1S/C14H13Br2F2NS/c1-2-5-19-13(12-7-9(15)14(16)20-12)8-3-4-10(17)11(18)6-8/h3-4,6-7,13,19H,2,5H2,1H3. The molecule has 0 aliphatic heterocycles. The topological polar surface area (TPSA) is 12.0 Å². The van der Waals surface area contributed by atoms with Crippen molar-refractivity contribution in [2.75, 3.05) is 6.54 Å². The van der Waals surface area contributed by atoms with Crippen LogP contribution in [0.5, 0.6) is 0 Å². The van der Waals surface area contributed by atoms with E-state index in [9.17, 15) is 8.78 Å². The summed E-state index contributed by atoms with van der Waals surface area (Å²) in [6, 6.07) is 5.89. The zero-order valence-corrected chi connectivity index (χ0v) is 14.7. The normalized spacial score (nSPS) is 12.7. The van der Waals surface area contributed by atoms with Crippen LogP contribution in [0, 0.1) is 11.6 Å². The molecule has 1 aromatic carbocycles. The van der Waals surface area contributed by atoms with Crippen LogP contribution in [-0.2, 0) is 0 Å². The van der Waals surface area contributed by atoms with Gasteiger partial charge in [0.1, 0.15) is 0 Å². The summed E-state index contributed by atoms with van der Waals surface area (Å²) in [5, 5.41) is 3.37. The van der Waals surface area contributed by atoms with Crippen molar-refractivity contribution in [1.29, 1.82) is 0 Å². The quantitative estimate of drug-likeness (QED) is 0.654. The monoisotopic (exact) mass is 423 g/mol. The van der Waals surface area contributed by atoms with Gasteiger partial charge in [0, 0.05) is 9.35 Å². The number of rotatable bonds is 5. The molecule has 0 saturated heterocycles. The Labute approximate surface area is 137 Å². The second kappa shape index (κ2) is 7.11. The lowest BCUT2D eigenvalue weighted by atomic mass is 10.0. The second-order valence-corrected chi connectivity index (χ2v) is 7.59. The number of nitrogens with one attached hydrogen (secondary N) is 1. The van der Waals surface area contributed by atoms with E-state index in [1.165, 1.54) is 12.1 Å². The van der Waals surface area contributed by atoms with E-state index in [0.717, 1.165) is 31.7 Å². The van der Waals surface area contributed by atoms with Gasteiger partial charge in [-0.25, -0.2) is 8.78 Å². The Kier molecular flexibility index (Phi) is 5.72. The first-order valence-corrected chi connectivity index (χ1v) is 8.56. The Morgan fingerprint density at radius 1 is 1.20 bits per heavy atom. The predicted molar refractivity (Wildman–Crippen MR) is 86.2 cm³/mol. The van der Waals surface area contributed by atoms with Crippen molar-refractivity contribution in [2.45, 2.75) is 19.4 Å². The van der Waals surface area contributed by atoms with Gasteiger partial charge in [-0.1, -0.05) is 13.0 Å². The maximum absolute atomic E-state index is 13.4. The first-order chi connectivity index (χ1) is 9.52. The number of thiophene rings is 1. The van der Waals surface area contributed by atoms with Crippen LogP contribution in [0.1, 0.15) is 29.8 Å². The average Bonchev–Trinajstić information content (AvgIpc) is 2.74. The molecule has 0 amide bonds. The maximum atomic E-state index is 13.4. The van der Waals surface area contributed by atoms with Gasteiger partial charge in [-0.15, -0.1) is 11.3 Å². The van der Waals surface area contributed by atoms with Crippen molar-refractivity contribution < 1.29 is 8.78 Å². The molecule has 20 heavy (non-hydrogen) atoms. The lowest BCUT2D eigenvalue weighted by Crippen LogP contribution is -2.22. The zero-order valence-electron chi connectivity index (χ0n) is 10.7. The van der Waals surface area contributed by atoms with E-state index < -0.39 is 11.6 Å². The molecule has 1 heterocycles. The molecular weight excluding hydrogens is 412 g/mol. The number of hydrogen-bond acceptors (Lipinski definition) is 2. The highest BCUT2D eigenvalue weighted by molar-refractivity contribution is 9.13. The van der Waals surface area contributed by atoms with Crippen molar-refractivity contribution in [3.63, 3.8) is 0 Å². The van der Waals surface area contributed by atoms with Crippen LogP contribution in [-0.4, -0.2) is 6.54 Å². The molecular formula is C14H13Br2F2NS. The highest BCUT2D eigenvalue weighted by atomic mass is 79.9. The van der Waals surface area contributed by atoms with Gasteiger partial charge in [0.15, 0.2) is 11.6 Å². The average molecular weight is 425 g/mol. The molecule has 6 heteroatoms. The molecule has 0 bridgehead atoms. The summed E-state index contributed by atoms with van der Waals surface area (Å²) in [6.45, 7) is 2.87. The Morgan fingerprint density at radius 2 is 1.95 bits per heavy atom. The molecule has 1 atom stereocenters. The Bertz CT molecular complexity index is 581. The lowest BCUT2D eigenvalue weighted by Gasteiger charge is -2.17. The molecule has 0 spiro atoms. The minimum Gasteiger partial charge on any atom is -0.306 e. The molecule has 0 aliphatic carbocycles. The van der Waals surface area contributed by atoms with E-state index in [4.69, 9.17) is 0 Å². The Hall–Kier alpha value is -0.300. The number of hydrogen-bond donors (Lipinski definition) is 1. The summed E-state index contributed by atoms with van der Waals surface area (Å²) in [5.41, 5.74) is 0.721. The summed E-state index contributed by atoms with van der Waals surface area (Å²) < 4.78 is 28.5. The highest BCUT2D eigenvalue weighted by Gasteiger charge is 2.18. The summed E-state index contributed by atoms with van der Waals surface area (Å²) in [7, 11) is 0. The predicted octanol–water partition coefficient (Wildman–Crippen LogP) is 5.64. The van der Waals surface area contributed by atoms with Crippen LogP contribution in [0.15, 0.2) is 32.5 Å². The van der Waals surface area contributed by atoms with Gasteiger partial charge in [-0.3, -0.25) is 0 Å². The van der Waals surface area contributed by atoms with E-state index >= 15 is 0 Å². The van der Waals surface area contributed by atoms with Crippen molar-refractivity contribution in [2.24, 2.45) is 0 Å². The van der Waals surface area contributed by atoms with Gasteiger partial charge < -0.3 is 5.32 Å². The van der Waals surface area contributed by atoms with Crippen LogP contribution in [0.4, 0.5) is 8.78 Å². The lowest BCUT2D eigenvalue weighted by molar-refractivity contribution is 0.503. The van der Waals surface area contributed by atoms with Crippen molar-refractivity contribution in [3.8, 4) is 0 Å². The summed E-state index contributed by atoms with van der Waals surface area (Å²) in [4.78, 5) is 1.04. The van der Waals surface area contributed by atoms with E-state index in [0.29, 0.717) is 0 Å². The number of benzene rings is 1. The van der Waals surface area contributed by atoms with Gasteiger partial charge in [-0.05, 0) is 68.6 Å². The smallest absolute Gasteiger partial charge is 0.159 e. The molecule has 2 rings (SSSR count). The SMILES string of the molecule is CCCNC(c1ccc(F)c(F)c1)c1cc(Br)c(Br)s1. The molecule has 108 valence electrons. The molecule has 1 aromatic heterocycles. The van der Waals surface area contributed by atoms with Crippen LogP contribution >= 0.6 is 43.2 Å². The molecule has 0 aliphatic rings. The fraction of sp³-hybridized carbons (Fsp3) is 0.286. The molecule has 0 saturated carbocycles. The van der Waals surface area contributed by atoms with Gasteiger partial charge in [-0.2, -0.15) is 0 Å². The summed E-state index contributed by atoms with van der Waals surface area (Å²) in [5.74, 6) is -1.64. The third-order valence-corrected chi connectivity index (χ3v) is 6.15. The minimum atomic E-state index is -0.823. The Balaban J connectivity index is 2.38. The number of halogens is 4. The molecule has 0 radical (unpaired) electrons. The molecule has 0 fully saturated rings. The molecule has 1 unspecified atom stereocenters. The first-order valence-electron chi connectivity index (χ1n) is 6.16. The van der Waals surface area contributed by atoms with Gasteiger partial charge in [0.2, 0.25) is 0 Å². The zero-order chi connectivity index (χ0) is 14.7. The van der Waals surface area contributed by atoms with Gasteiger partial charge in [0.05, 0.1) is 9.83 Å². The van der Waals surface area contributed by atoms with Gasteiger partial charge >= 0.3 is 0 Å². The van der Waals surface area contributed by atoms with E-state index in [1.807, 2.05) is 6.07 Å². The fourth-order valence-corrected chi connectivity index (χ4v) is 4.06. The van der Waals surface area contributed by atoms with E-state index in [1.54, 1.807) is 17.4 Å². The Morgan fingerprint density at radius 3 is 2.50 bits per heavy atom. The fourth-order valence-electron chi connectivity index (χ4n) is 1.87. The molecule has 1 N–H and O–H groups in total. The van der Waals surface area contributed by atoms with Crippen molar-refractivity contribution in [1.82, 2.24) is 5.32 Å². The summed E-state index contributed by atoms with van der Waals surface area (Å²) >= 11 is 8.48. The van der Waals surface area contributed by atoms with Crippen LogP contribution in [0.25, 0.3) is 0 Å². The van der Waals surface area contributed by atoms with Crippen molar-refractivity contribution in [3.05, 3.63) is 54.6 Å². The third kappa shape index (κ3) is 3.67. The van der Waals surface area contributed by atoms with Gasteiger partial charge in [0.25, 0.3) is 0 Å². The van der Waals surface area contributed by atoms with E-state index in [-0.39, 0.29) is 6.04 Å². The largest absolute Gasteiger partial charge is 0.306 e. The van der Waals surface area contributed by atoms with E-state index in [2.05, 4.69) is 44.1 Å². The second-order valence-electron chi connectivity index (χ2n) is 4.33. The summed E-state index contributed by atoms with van der Waals surface area (Å²) in [6.07, 6.45) is 0.966. The van der Waals surface area contributed by atoms with Crippen LogP contribution in [0.2, 0.25) is 0 Å². The third-order valence-electron chi connectivity index (χ3n) is 2.82.